The monoisotopic (exact) mass is 247 g/mol. The van der Waals surface area contributed by atoms with Crippen LogP contribution in [0.3, 0.4) is 0 Å². The van der Waals surface area contributed by atoms with E-state index in [2.05, 4.69) is 17.1 Å². The Kier molecular flexibility index (Phi) is 3.87. The van der Waals surface area contributed by atoms with Gasteiger partial charge in [0.15, 0.2) is 0 Å². The fourth-order valence-electron chi connectivity index (χ4n) is 2.45. The number of rotatable bonds is 3. The Morgan fingerprint density at radius 1 is 1.56 bits per heavy atom. The number of carbonyl (C=O) groups excluding carboxylic acids is 1. The van der Waals surface area contributed by atoms with Gasteiger partial charge >= 0.3 is 0 Å². The Labute approximate surface area is 108 Å². The van der Waals surface area contributed by atoms with Crippen LogP contribution < -0.4 is 11.1 Å². The van der Waals surface area contributed by atoms with Gasteiger partial charge in [-0.25, -0.2) is 0 Å². The number of carbonyl (C=O) groups is 1. The van der Waals surface area contributed by atoms with Crippen LogP contribution in [-0.2, 0) is 4.79 Å². The molecule has 1 aromatic carbocycles. The predicted octanol–water partition coefficient (Wildman–Crippen LogP) is 2.00. The summed E-state index contributed by atoms with van der Waals surface area (Å²) in [4.78, 5) is 14.2. The van der Waals surface area contributed by atoms with Crippen LogP contribution in [-0.4, -0.2) is 29.9 Å². The zero-order valence-electron chi connectivity index (χ0n) is 11.1. The van der Waals surface area contributed by atoms with Crippen LogP contribution in [0.15, 0.2) is 18.2 Å². The molecule has 1 aromatic rings. The molecule has 1 saturated heterocycles. The molecule has 0 aromatic heterocycles. The lowest BCUT2D eigenvalue weighted by atomic mass is 10.1. The Hall–Kier alpha value is -1.55. The van der Waals surface area contributed by atoms with E-state index in [4.69, 9.17) is 5.73 Å². The van der Waals surface area contributed by atoms with Crippen LogP contribution in [0.1, 0.15) is 25.3 Å². The molecule has 4 nitrogen and oxygen atoms in total. The average Bonchev–Trinajstić information content (AvgIpc) is 2.70. The summed E-state index contributed by atoms with van der Waals surface area (Å²) in [7, 11) is 0. The minimum atomic E-state index is 0.0183. The first kappa shape index (κ1) is 12.9. The lowest BCUT2D eigenvalue weighted by Crippen LogP contribution is -2.35. The topological polar surface area (TPSA) is 58.4 Å². The van der Waals surface area contributed by atoms with Gasteiger partial charge in [-0.2, -0.15) is 0 Å². The van der Waals surface area contributed by atoms with E-state index in [0.29, 0.717) is 18.3 Å². The van der Waals surface area contributed by atoms with Gasteiger partial charge in [-0.1, -0.05) is 12.1 Å². The van der Waals surface area contributed by atoms with Crippen molar-refractivity contribution in [2.75, 3.05) is 24.1 Å². The van der Waals surface area contributed by atoms with Gasteiger partial charge in [0, 0.05) is 6.04 Å². The van der Waals surface area contributed by atoms with Crippen LogP contribution in [0.25, 0.3) is 0 Å². The Bertz CT molecular complexity index is 424. The molecule has 2 rings (SSSR count). The third-order valence-electron chi connectivity index (χ3n) is 3.61. The Balaban J connectivity index is 1.99. The molecular weight excluding hydrogens is 226 g/mol. The van der Waals surface area contributed by atoms with E-state index in [1.807, 2.05) is 19.1 Å². The van der Waals surface area contributed by atoms with Gasteiger partial charge in [-0.05, 0) is 44.9 Å². The number of likely N-dealkylation sites (tertiary alicyclic amines) is 1. The quantitative estimate of drug-likeness (QED) is 0.803. The lowest BCUT2D eigenvalue weighted by Gasteiger charge is -2.20. The van der Waals surface area contributed by atoms with Crippen molar-refractivity contribution in [2.45, 2.75) is 32.7 Å². The number of anilines is 2. The molecule has 0 aliphatic carbocycles. The minimum absolute atomic E-state index is 0.0183. The van der Waals surface area contributed by atoms with E-state index in [-0.39, 0.29) is 5.91 Å². The summed E-state index contributed by atoms with van der Waals surface area (Å²) in [6, 6.07) is 6.15. The molecule has 0 bridgehead atoms. The van der Waals surface area contributed by atoms with E-state index in [1.54, 1.807) is 6.07 Å². The summed E-state index contributed by atoms with van der Waals surface area (Å²) in [5, 5.41) is 2.92. The van der Waals surface area contributed by atoms with Crippen molar-refractivity contribution in [3.63, 3.8) is 0 Å². The molecule has 0 spiro atoms. The standard InChI is InChI=1S/C14H21N3O/c1-10-5-3-7-12(15)14(10)16-13(18)9-17-8-4-6-11(17)2/h3,5,7,11H,4,6,8-9,15H2,1-2H3,(H,16,18). The van der Waals surface area contributed by atoms with Crippen molar-refractivity contribution in [1.82, 2.24) is 4.90 Å². The molecule has 1 amide bonds. The van der Waals surface area contributed by atoms with E-state index < -0.39 is 0 Å². The van der Waals surface area contributed by atoms with Crippen LogP contribution in [0.2, 0.25) is 0 Å². The van der Waals surface area contributed by atoms with Gasteiger partial charge in [-0.15, -0.1) is 0 Å². The summed E-state index contributed by atoms with van der Waals surface area (Å²) in [5.41, 5.74) is 8.24. The van der Waals surface area contributed by atoms with Gasteiger partial charge in [0.1, 0.15) is 0 Å². The molecule has 98 valence electrons. The molecule has 1 aliphatic heterocycles. The first-order valence-corrected chi connectivity index (χ1v) is 6.47. The fraction of sp³-hybridized carbons (Fsp3) is 0.500. The maximum absolute atomic E-state index is 12.0. The Morgan fingerprint density at radius 3 is 2.94 bits per heavy atom. The maximum atomic E-state index is 12.0. The molecule has 18 heavy (non-hydrogen) atoms. The average molecular weight is 247 g/mol. The van der Waals surface area contributed by atoms with E-state index in [1.165, 1.54) is 12.8 Å². The molecule has 1 atom stereocenters. The highest BCUT2D eigenvalue weighted by molar-refractivity contribution is 5.96. The van der Waals surface area contributed by atoms with Crippen molar-refractivity contribution in [2.24, 2.45) is 0 Å². The van der Waals surface area contributed by atoms with Gasteiger partial charge in [0.2, 0.25) is 5.91 Å². The van der Waals surface area contributed by atoms with E-state index in [9.17, 15) is 4.79 Å². The van der Waals surface area contributed by atoms with E-state index >= 15 is 0 Å². The summed E-state index contributed by atoms with van der Waals surface area (Å²) >= 11 is 0. The predicted molar refractivity (Wildman–Crippen MR) is 74.5 cm³/mol. The summed E-state index contributed by atoms with van der Waals surface area (Å²) in [6.07, 6.45) is 2.36. The number of benzene rings is 1. The van der Waals surface area contributed by atoms with E-state index in [0.717, 1.165) is 17.8 Å². The van der Waals surface area contributed by atoms with Crippen LogP contribution >= 0.6 is 0 Å². The van der Waals surface area contributed by atoms with Gasteiger partial charge in [0.05, 0.1) is 17.9 Å². The van der Waals surface area contributed by atoms with Gasteiger partial charge < -0.3 is 11.1 Å². The highest BCUT2D eigenvalue weighted by Gasteiger charge is 2.22. The van der Waals surface area contributed by atoms with Crippen molar-refractivity contribution < 1.29 is 4.79 Å². The van der Waals surface area contributed by atoms with Crippen LogP contribution in [0.4, 0.5) is 11.4 Å². The largest absolute Gasteiger partial charge is 0.397 e. The molecular formula is C14H21N3O. The number of nitrogens with one attached hydrogen (secondary N) is 1. The number of nitrogens with zero attached hydrogens (tertiary/aromatic N) is 1. The maximum Gasteiger partial charge on any atom is 0.238 e. The second-order valence-corrected chi connectivity index (χ2v) is 5.05. The molecule has 4 heteroatoms. The van der Waals surface area contributed by atoms with Crippen molar-refractivity contribution >= 4 is 17.3 Å². The number of nitrogen functional groups attached to an aromatic ring is 1. The minimum Gasteiger partial charge on any atom is -0.397 e. The zero-order chi connectivity index (χ0) is 13.1. The number of aryl methyl sites for hydroxylation is 1. The van der Waals surface area contributed by atoms with Crippen LogP contribution in [0, 0.1) is 6.92 Å². The number of para-hydroxylation sites is 1. The number of amides is 1. The number of hydrogen-bond acceptors (Lipinski definition) is 3. The Morgan fingerprint density at radius 2 is 2.33 bits per heavy atom. The van der Waals surface area contributed by atoms with Gasteiger partial charge in [0.25, 0.3) is 0 Å². The fourth-order valence-corrected chi connectivity index (χ4v) is 2.45. The number of hydrogen-bond donors (Lipinski definition) is 2. The molecule has 1 heterocycles. The van der Waals surface area contributed by atoms with Crippen LogP contribution in [0.5, 0.6) is 0 Å². The SMILES string of the molecule is Cc1cccc(N)c1NC(=O)CN1CCCC1C. The molecule has 3 N–H and O–H groups in total. The second-order valence-electron chi connectivity index (χ2n) is 5.05. The van der Waals surface area contributed by atoms with Gasteiger partial charge in [-0.3, -0.25) is 9.69 Å². The summed E-state index contributed by atoms with van der Waals surface area (Å²) in [6.45, 7) is 5.58. The van der Waals surface area contributed by atoms with Crippen molar-refractivity contribution in [1.29, 1.82) is 0 Å². The molecule has 0 radical (unpaired) electrons. The van der Waals surface area contributed by atoms with Crippen molar-refractivity contribution in [3.8, 4) is 0 Å². The number of nitrogens with two attached hydrogens (primary N) is 1. The lowest BCUT2D eigenvalue weighted by molar-refractivity contribution is -0.117. The molecule has 1 aliphatic rings. The highest BCUT2D eigenvalue weighted by Crippen LogP contribution is 2.23. The third-order valence-corrected chi connectivity index (χ3v) is 3.61. The molecule has 1 fully saturated rings. The summed E-state index contributed by atoms with van der Waals surface area (Å²) in [5.74, 6) is 0.0183. The normalized spacial score (nSPS) is 20.0. The zero-order valence-corrected chi connectivity index (χ0v) is 11.1. The van der Waals surface area contributed by atoms with Crippen molar-refractivity contribution in [3.05, 3.63) is 23.8 Å². The molecule has 1 unspecified atom stereocenters. The highest BCUT2D eigenvalue weighted by atomic mass is 16.2. The third kappa shape index (κ3) is 2.82. The molecule has 0 saturated carbocycles. The smallest absolute Gasteiger partial charge is 0.238 e. The first-order valence-electron chi connectivity index (χ1n) is 6.47. The summed E-state index contributed by atoms with van der Waals surface area (Å²) < 4.78 is 0. The first-order chi connectivity index (χ1) is 8.58. The second kappa shape index (κ2) is 5.40.